The van der Waals surface area contributed by atoms with Gasteiger partial charge < -0.3 is 19.9 Å². The van der Waals surface area contributed by atoms with Crippen LogP contribution in [0.3, 0.4) is 0 Å². The molecule has 3 amide bonds. The summed E-state index contributed by atoms with van der Waals surface area (Å²) < 4.78 is 49.0. The number of alkyl halides is 3. The molecule has 1 N–H and O–H groups in total. The maximum atomic E-state index is 14.3. The Kier molecular flexibility index (Phi) is 8.42. The van der Waals surface area contributed by atoms with Crippen LogP contribution in [0.4, 0.5) is 18.9 Å². The molecule has 1 aliphatic rings. The molecule has 9 nitrogen and oxygen atoms in total. The van der Waals surface area contributed by atoms with E-state index in [2.05, 4.69) is 10.4 Å². The number of anilines is 1. The van der Waals surface area contributed by atoms with Gasteiger partial charge in [-0.2, -0.15) is 18.3 Å². The summed E-state index contributed by atoms with van der Waals surface area (Å²) in [5, 5.41) is 6.78. The van der Waals surface area contributed by atoms with Crippen LogP contribution in [0.25, 0.3) is 5.69 Å². The number of carbonyl (C=O) groups is 3. The van der Waals surface area contributed by atoms with E-state index >= 15 is 0 Å². The summed E-state index contributed by atoms with van der Waals surface area (Å²) in [5.74, 6) is -1.25. The number of fused-ring (bicyclic) bond motifs is 1. The summed E-state index contributed by atoms with van der Waals surface area (Å²) in [6.07, 6.45) is -4.97. The van der Waals surface area contributed by atoms with Crippen LogP contribution < -0.4 is 15.0 Å². The first-order valence-electron chi connectivity index (χ1n) is 14.2. The molecule has 12 heteroatoms. The molecule has 0 radical (unpaired) electrons. The molecule has 4 aromatic rings. The van der Waals surface area contributed by atoms with Gasteiger partial charge in [-0.15, -0.1) is 0 Å². The second-order valence-corrected chi connectivity index (χ2v) is 11.0. The summed E-state index contributed by atoms with van der Waals surface area (Å²) in [6.45, 7) is 3.70. The predicted octanol–water partition coefficient (Wildman–Crippen LogP) is 5.60. The van der Waals surface area contributed by atoms with Crippen molar-refractivity contribution in [2.24, 2.45) is 0 Å². The van der Waals surface area contributed by atoms with Gasteiger partial charge >= 0.3 is 6.18 Å². The highest BCUT2D eigenvalue weighted by Gasteiger charge is 2.43. The van der Waals surface area contributed by atoms with Gasteiger partial charge in [0.25, 0.3) is 17.7 Å². The average Bonchev–Trinajstić information content (AvgIpc) is 3.42. The van der Waals surface area contributed by atoms with Crippen molar-refractivity contribution in [3.63, 3.8) is 0 Å². The molecule has 0 aliphatic carbocycles. The lowest BCUT2D eigenvalue weighted by atomic mass is 10.0. The Morgan fingerprint density at radius 1 is 1.02 bits per heavy atom. The lowest BCUT2D eigenvalue weighted by Crippen LogP contribution is -2.39. The molecule has 3 aromatic carbocycles. The van der Waals surface area contributed by atoms with E-state index in [-0.39, 0.29) is 41.4 Å². The number of rotatable bonds is 7. The van der Waals surface area contributed by atoms with E-state index in [1.165, 1.54) is 35.1 Å². The molecule has 0 spiro atoms. The molecule has 234 valence electrons. The van der Waals surface area contributed by atoms with Crippen molar-refractivity contribution in [2.75, 3.05) is 32.6 Å². The monoisotopic (exact) mass is 619 g/mol. The number of ether oxygens (including phenoxy) is 1. The first-order chi connectivity index (χ1) is 21.3. The zero-order chi connectivity index (χ0) is 32.6. The SMILES string of the molecule is COc1ccc(-n2nc(C(F)(F)F)c3c2C(=O)N(c2ccc(C(=O)N(C)C)cc2)CC3)c(C(=O)N[C@H](C)c2ccc(C)cc2)c1. The third-order valence-electron chi connectivity index (χ3n) is 7.72. The van der Waals surface area contributed by atoms with Crippen LogP contribution >= 0.6 is 0 Å². The van der Waals surface area contributed by atoms with Crippen molar-refractivity contribution >= 4 is 23.4 Å². The van der Waals surface area contributed by atoms with Crippen LogP contribution in [0, 0.1) is 6.92 Å². The minimum atomic E-state index is -4.85. The molecule has 1 aromatic heterocycles. The zero-order valence-corrected chi connectivity index (χ0v) is 25.4. The number of benzene rings is 3. The Morgan fingerprint density at radius 3 is 2.29 bits per heavy atom. The molecule has 45 heavy (non-hydrogen) atoms. The Morgan fingerprint density at radius 2 is 1.69 bits per heavy atom. The third-order valence-corrected chi connectivity index (χ3v) is 7.72. The lowest BCUT2D eigenvalue weighted by molar-refractivity contribution is -0.141. The number of aromatic nitrogens is 2. The Hall–Kier alpha value is -5.13. The predicted molar refractivity (Wildman–Crippen MR) is 162 cm³/mol. The Balaban J connectivity index is 1.58. The zero-order valence-electron chi connectivity index (χ0n) is 25.4. The molecular formula is C33H32F3N5O4. The van der Waals surface area contributed by atoms with E-state index in [0.29, 0.717) is 17.0 Å². The van der Waals surface area contributed by atoms with Crippen LogP contribution in [-0.4, -0.2) is 60.2 Å². The van der Waals surface area contributed by atoms with Crippen molar-refractivity contribution < 1.29 is 32.3 Å². The van der Waals surface area contributed by atoms with Crippen molar-refractivity contribution in [2.45, 2.75) is 32.5 Å². The van der Waals surface area contributed by atoms with E-state index in [4.69, 9.17) is 4.74 Å². The standard InChI is InChI=1S/C33H32F3N5O4/c1-19-6-8-21(9-7-19)20(2)37-30(42)26-18-24(45-5)14-15-27(26)41-28-25(29(38-41)33(34,35)36)16-17-40(32(28)44)23-12-10-22(11-13-23)31(43)39(3)4/h6-15,18,20H,16-17H2,1-5H3,(H,37,42)/t20-/m1/s1. The van der Waals surface area contributed by atoms with E-state index in [1.54, 1.807) is 45.3 Å². The molecule has 0 saturated carbocycles. The molecule has 0 saturated heterocycles. The quantitative estimate of drug-likeness (QED) is 0.291. The van der Waals surface area contributed by atoms with Gasteiger partial charge in [-0.25, -0.2) is 4.68 Å². The fraction of sp³-hybridized carbons (Fsp3) is 0.273. The first kappa shape index (κ1) is 31.3. The second kappa shape index (κ2) is 12.1. The number of aryl methyl sites for hydroxylation is 1. The van der Waals surface area contributed by atoms with Crippen LogP contribution in [0.2, 0.25) is 0 Å². The minimum absolute atomic E-state index is 0.0155. The normalized spacial score (nSPS) is 13.7. The van der Waals surface area contributed by atoms with Crippen molar-refractivity contribution in [1.29, 1.82) is 0 Å². The Bertz CT molecular complexity index is 1760. The number of hydrogen-bond donors (Lipinski definition) is 1. The van der Waals surface area contributed by atoms with E-state index in [0.717, 1.165) is 15.8 Å². The van der Waals surface area contributed by atoms with Crippen molar-refractivity contribution in [1.82, 2.24) is 20.0 Å². The molecule has 0 bridgehead atoms. The van der Waals surface area contributed by atoms with Gasteiger partial charge in [-0.05, 0) is 68.3 Å². The van der Waals surface area contributed by atoms with Crippen LogP contribution in [0.1, 0.15) is 66.6 Å². The average molecular weight is 620 g/mol. The molecule has 5 rings (SSSR count). The maximum Gasteiger partial charge on any atom is 0.435 e. The van der Waals surface area contributed by atoms with Crippen molar-refractivity contribution in [3.05, 3.63) is 106 Å². The minimum Gasteiger partial charge on any atom is -0.497 e. The number of halogens is 3. The van der Waals surface area contributed by atoms with Gasteiger partial charge in [0.2, 0.25) is 0 Å². The van der Waals surface area contributed by atoms with Crippen molar-refractivity contribution in [3.8, 4) is 11.4 Å². The number of nitrogens with one attached hydrogen (secondary N) is 1. The summed E-state index contributed by atoms with van der Waals surface area (Å²) in [7, 11) is 4.63. The highest BCUT2D eigenvalue weighted by Crippen LogP contribution is 2.38. The summed E-state index contributed by atoms with van der Waals surface area (Å²) in [4.78, 5) is 42.7. The fourth-order valence-electron chi connectivity index (χ4n) is 5.27. The largest absolute Gasteiger partial charge is 0.497 e. The van der Waals surface area contributed by atoms with Gasteiger partial charge in [-0.3, -0.25) is 14.4 Å². The molecule has 1 atom stereocenters. The maximum absolute atomic E-state index is 14.3. The number of nitrogens with zero attached hydrogens (tertiary/aromatic N) is 4. The van der Waals surface area contributed by atoms with E-state index < -0.39 is 29.7 Å². The van der Waals surface area contributed by atoms with Gasteiger partial charge in [0.1, 0.15) is 11.4 Å². The molecule has 0 unspecified atom stereocenters. The highest BCUT2D eigenvalue weighted by molar-refractivity contribution is 6.08. The smallest absolute Gasteiger partial charge is 0.435 e. The molecule has 0 fully saturated rings. The number of carbonyl (C=O) groups excluding carboxylic acids is 3. The highest BCUT2D eigenvalue weighted by atomic mass is 19.4. The number of hydrogen-bond acceptors (Lipinski definition) is 5. The van der Waals surface area contributed by atoms with Crippen LogP contribution in [0.15, 0.2) is 66.7 Å². The van der Waals surface area contributed by atoms with Gasteiger partial charge in [0, 0.05) is 37.5 Å². The van der Waals surface area contributed by atoms with Gasteiger partial charge in [0.15, 0.2) is 5.69 Å². The first-order valence-corrected chi connectivity index (χ1v) is 14.2. The lowest BCUT2D eigenvalue weighted by Gasteiger charge is -2.28. The van der Waals surface area contributed by atoms with Gasteiger partial charge in [-0.1, -0.05) is 29.8 Å². The van der Waals surface area contributed by atoms with Crippen LogP contribution in [0.5, 0.6) is 5.75 Å². The topological polar surface area (TPSA) is 96.8 Å². The fourth-order valence-corrected chi connectivity index (χ4v) is 5.27. The summed E-state index contributed by atoms with van der Waals surface area (Å²) in [6, 6.07) is 17.7. The van der Waals surface area contributed by atoms with E-state index in [9.17, 15) is 27.6 Å². The molecule has 1 aliphatic heterocycles. The molecule has 2 heterocycles. The number of methoxy groups -OCH3 is 1. The summed E-state index contributed by atoms with van der Waals surface area (Å²) in [5.41, 5.74) is 0.904. The number of amides is 3. The van der Waals surface area contributed by atoms with Crippen LogP contribution in [-0.2, 0) is 12.6 Å². The molecular weight excluding hydrogens is 587 g/mol. The van der Waals surface area contributed by atoms with Gasteiger partial charge in [0.05, 0.1) is 24.4 Å². The summed E-state index contributed by atoms with van der Waals surface area (Å²) >= 11 is 0. The third kappa shape index (κ3) is 6.13. The Labute approximate surface area is 258 Å². The van der Waals surface area contributed by atoms with E-state index in [1.807, 2.05) is 31.2 Å². The second-order valence-electron chi connectivity index (χ2n) is 11.0.